The second-order valence-corrected chi connectivity index (χ2v) is 5.51. The molecule has 0 aromatic carbocycles. The molecule has 0 atom stereocenters. The summed E-state index contributed by atoms with van der Waals surface area (Å²) < 4.78 is 13.0. The van der Waals surface area contributed by atoms with Crippen molar-refractivity contribution in [3.05, 3.63) is 23.8 Å². The highest BCUT2D eigenvalue weighted by atomic mass is 16.5. The highest BCUT2D eigenvalue weighted by Crippen LogP contribution is 2.26. The number of aryl methyl sites for hydroxylation is 1. The van der Waals surface area contributed by atoms with E-state index in [1.165, 1.54) is 0 Å². The topological polar surface area (TPSA) is 69.2 Å². The maximum Gasteiger partial charge on any atom is 0.318 e. The van der Waals surface area contributed by atoms with Gasteiger partial charge in [0.2, 0.25) is 5.89 Å². The second kappa shape index (κ2) is 4.90. The predicted octanol–water partition coefficient (Wildman–Crippen LogP) is 1.19. The van der Waals surface area contributed by atoms with Crippen LogP contribution in [0, 0.1) is 6.92 Å². The molecule has 1 fully saturated rings. The van der Waals surface area contributed by atoms with Gasteiger partial charge in [0.05, 0.1) is 19.4 Å². The van der Waals surface area contributed by atoms with Crippen LogP contribution in [-0.4, -0.2) is 46.3 Å². The Balaban J connectivity index is 1.85. The minimum atomic E-state index is -0.466. The summed E-state index contributed by atoms with van der Waals surface area (Å²) in [6.07, 6.45) is 3.79. The lowest BCUT2D eigenvalue weighted by Crippen LogP contribution is -2.36. The van der Waals surface area contributed by atoms with E-state index in [-0.39, 0.29) is 0 Å². The van der Waals surface area contributed by atoms with E-state index in [1.54, 1.807) is 0 Å². The molecule has 0 aliphatic carbocycles. The summed E-state index contributed by atoms with van der Waals surface area (Å²) in [5, 5.41) is 12.7. The zero-order chi connectivity index (χ0) is 14.2. The van der Waals surface area contributed by atoms with Gasteiger partial charge in [-0.05, 0) is 26.3 Å². The number of hydrogen-bond acceptors (Lipinski definition) is 6. The van der Waals surface area contributed by atoms with E-state index in [9.17, 15) is 0 Å². The molecule has 0 spiro atoms. The fraction of sp³-hybridized carbons (Fsp3) is 0.615. The number of anilines is 1. The van der Waals surface area contributed by atoms with E-state index in [2.05, 4.69) is 15.3 Å². The largest absolute Gasteiger partial charge is 0.405 e. The number of ether oxygens (including phenoxy) is 1. The lowest BCUT2D eigenvalue weighted by atomic mass is 10.1. The van der Waals surface area contributed by atoms with Crippen molar-refractivity contribution in [1.82, 2.24) is 20.0 Å². The van der Waals surface area contributed by atoms with Crippen LogP contribution in [0.15, 0.2) is 16.8 Å². The first-order valence-electron chi connectivity index (χ1n) is 6.76. The summed E-state index contributed by atoms with van der Waals surface area (Å²) >= 11 is 0. The van der Waals surface area contributed by atoms with Crippen LogP contribution in [0.4, 0.5) is 6.01 Å². The van der Waals surface area contributed by atoms with Gasteiger partial charge in [-0.3, -0.25) is 4.68 Å². The third-order valence-corrected chi connectivity index (χ3v) is 3.50. The summed E-state index contributed by atoms with van der Waals surface area (Å²) in [6.45, 7) is 8.98. The minimum absolute atomic E-state index is 0.466. The maximum atomic E-state index is 5.84. The molecule has 1 aliphatic rings. The summed E-state index contributed by atoms with van der Waals surface area (Å²) in [6, 6.07) is 0.556. The Kier molecular flexibility index (Phi) is 3.21. The van der Waals surface area contributed by atoms with Gasteiger partial charge in [0.25, 0.3) is 0 Å². The minimum Gasteiger partial charge on any atom is -0.405 e. The van der Waals surface area contributed by atoms with Gasteiger partial charge in [0.15, 0.2) is 0 Å². The van der Waals surface area contributed by atoms with E-state index in [4.69, 9.17) is 9.15 Å². The molecule has 0 unspecified atom stereocenters. The Morgan fingerprint density at radius 2 is 1.95 bits per heavy atom. The molecule has 3 rings (SSSR count). The van der Waals surface area contributed by atoms with E-state index in [0.717, 1.165) is 18.7 Å². The first-order chi connectivity index (χ1) is 9.57. The normalized spacial score (nSPS) is 16.6. The van der Waals surface area contributed by atoms with Crippen molar-refractivity contribution in [3.8, 4) is 0 Å². The molecule has 1 aliphatic heterocycles. The monoisotopic (exact) mass is 277 g/mol. The molecular formula is C13H19N5O2. The molecule has 7 nitrogen and oxygen atoms in total. The number of nitrogens with zero attached hydrogens (tertiary/aromatic N) is 5. The van der Waals surface area contributed by atoms with Gasteiger partial charge in [-0.15, -0.1) is 5.10 Å². The smallest absolute Gasteiger partial charge is 0.318 e. The van der Waals surface area contributed by atoms with Crippen molar-refractivity contribution in [3.63, 3.8) is 0 Å². The molecule has 0 amide bonds. The molecule has 0 N–H and O–H groups in total. The van der Waals surface area contributed by atoms with Crippen LogP contribution in [0.5, 0.6) is 0 Å². The summed E-state index contributed by atoms with van der Waals surface area (Å²) in [7, 11) is 0. The number of aromatic nitrogens is 4. The molecule has 7 heteroatoms. The summed E-state index contributed by atoms with van der Waals surface area (Å²) in [5.41, 5.74) is 0.636. The first-order valence-corrected chi connectivity index (χ1v) is 6.76. The van der Waals surface area contributed by atoms with Crippen molar-refractivity contribution in [2.75, 3.05) is 31.2 Å². The van der Waals surface area contributed by atoms with E-state index < -0.39 is 5.54 Å². The average Bonchev–Trinajstić information content (AvgIpc) is 3.09. The number of rotatable bonds is 3. The van der Waals surface area contributed by atoms with Crippen LogP contribution in [0.2, 0.25) is 0 Å². The quantitative estimate of drug-likeness (QED) is 0.839. The Morgan fingerprint density at radius 1 is 1.20 bits per heavy atom. The van der Waals surface area contributed by atoms with Crippen LogP contribution in [0.25, 0.3) is 0 Å². The van der Waals surface area contributed by atoms with Gasteiger partial charge >= 0.3 is 6.01 Å². The lowest BCUT2D eigenvalue weighted by Gasteiger charge is -2.25. The van der Waals surface area contributed by atoms with Gasteiger partial charge in [0.1, 0.15) is 5.54 Å². The van der Waals surface area contributed by atoms with E-state index in [1.807, 2.05) is 42.7 Å². The second-order valence-electron chi connectivity index (χ2n) is 5.51. The van der Waals surface area contributed by atoms with Crippen molar-refractivity contribution in [2.24, 2.45) is 0 Å². The third-order valence-electron chi connectivity index (χ3n) is 3.50. The van der Waals surface area contributed by atoms with Gasteiger partial charge in [-0.2, -0.15) is 5.10 Å². The van der Waals surface area contributed by atoms with E-state index >= 15 is 0 Å². The highest BCUT2D eigenvalue weighted by Gasteiger charge is 2.31. The zero-order valence-corrected chi connectivity index (χ0v) is 12.0. The molecule has 0 bridgehead atoms. The molecule has 1 saturated heterocycles. The predicted molar refractivity (Wildman–Crippen MR) is 72.7 cm³/mol. The molecular weight excluding hydrogens is 258 g/mol. The van der Waals surface area contributed by atoms with Crippen LogP contribution in [-0.2, 0) is 10.3 Å². The Bertz CT molecular complexity index is 583. The SMILES string of the molecule is Cc1cnn(C(C)(C)c2nnc(N3CCOCC3)o2)c1. The fourth-order valence-electron chi connectivity index (χ4n) is 2.16. The Hall–Kier alpha value is -1.89. The molecule has 0 saturated carbocycles. The summed E-state index contributed by atoms with van der Waals surface area (Å²) in [5.74, 6) is 0.557. The van der Waals surface area contributed by atoms with Crippen molar-refractivity contribution >= 4 is 6.01 Å². The third kappa shape index (κ3) is 2.29. The van der Waals surface area contributed by atoms with Crippen LogP contribution in [0.1, 0.15) is 25.3 Å². The van der Waals surface area contributed by atoms with Crippen molar-refractivity contribution in [1.29, 1.82) is 0 Å². The lowest BCUT2D eigenvalue weighted by molar-refractivity contribution is 0.120. The zero-order valence-electron chi connectivity index (χ0n) is 12.0. The molecule has 2 aromatic rings. The van der Waals surface area contributed by atoms with Gasteiger partial charge in [-0.25, -0.2) is 0 Å². The number of hydrogen-bond donors (Lipinski definition) is 0. The van der Waals surface area contributed by atoms with Gasteiger partial charge in [-0.1, -0.05) is 5.10 Å². The molecule has 20 heavy (non-hydrogen) atoms. The van der Waals surface area contributed by atoms with E-state index in [0.29, 0.717) is 25.1 Å². The number of morpholine rings is 1. The Labute approximate surface area is 117 Å². The van der Waals surface area contributed by atoms with Crippen molar-refractivity contribution in [2.45, 2.75) is 26.3 Å². The van der Waals surface area contributed by atoms with Crippen LogP contribution < -0.4 is 4.90 Å². The van der Waals surface area contributed by atoms with Crippen LogP contribution >= 0.6 is 0 Å². The van der Waals surface area contributed by atoms with Crippen molar-refractivity contribution < 1.29 is 9.15 Å². The average molecular weight is 277 g/mol. The summed E-state index contributed by atoms with van der Waals surface area (Å²) in [4.78, 5) is 2.05. The van der Waals surface area contributed by atoms with Gasteiger partial charge < -0.3 is 14.1 Å². The standard InChI is InChI=1S/C13H19N5O2/c1-10-8-14-18(9-10)13(2,3)11-15-16-12(20-11)17-4-6-19-7-5-17/h8-9H,4-7H2,1-3H3. The molecule has 3 heterocycles. The fourth-order valence-corrected chi connectivity index (χ4v) is 2.16. The first kappa shape index (κ1) is 13.1. The molecule has 108 valence electrons. The molecule has 2 aromatic heterocycles. The maximum absolute atomic E-state index is 5.84. The highest BCUT2D eigenvalue weighted by molar-refractivity contribution is 5.25. The molecule has 0 radical (unpaired) electrons. The van der Waals surface area contributed by atoms with Crippen LogP contribution in [0.3, 0.4) is 0 Å². The van der Waals surface area contributed by atoms with Gasteiger partial charge in [0, 0.05) is 19.3 Å². The Morgan fingerprint density at radius 3 is 2.60 bits per heavy atom.